The zero-order chi connectivity index (χ0) is 21.0. The molecule has 7 nitrogen and oxygen atoms in total. The van der Waals surface area contributed by atoms with Gasteiger partial charge in [-0.1, -0.05) is 48.0 Å². The summed E-state index contributed by atoms with van der Waals surface area (Å²) in [6.45, 7) is 4.18. The second-order valence-corrected chi connectivity index (χ2v) is 7.62. The molecule has 0 saturated heterocycles. The third-order valence-corrected chi connectivity index (χ3v) is 5.46. The molecular weight excluding hydrogens is 378 g/mol. The summed E-state index contributed by atoms with van der Waals surface area (Å²) in [6, 6.07) is 17.7. The fraction of sp³-hybridized carbons (Fsp3) is 0.174. The first-order valence-corrected chi connectivity index (χ1v) is 9.76. The average Bonchev–Trinajstić information content (AvgIpc) is 3.25. The standard InChI is InChI=1S/C23H21N5O2/c1-15-8-7-9-17(12-15)14-27-21(29)19-20(25(3)23(27)30)24-22-26(19)13-16(2)28(22)18-10-5-4-6-11-18/h4-13H,14H2,1-3H3. The van der Waals surface area contributed by atoms with E-state index in [0.29, 0.717) is 16.9 Å². The van der Waals surface area contributed by atoms with Crippen LogP contribution >= 0.6 is 0 Å². The lowest BCUT2D eigenvalue weighted by Crippen LogP contribution is -2.39. The summed E-state index contributed by atoms with van der Waals surface area (Å²) in [5.74, 6) is 0.606. The molecule has 0 N–H and O–H groups in total. The van der Waals surface area contributed by atoms with Gasteiger partial charge in [0.1, 0.15) is 0 Å². The Kier molecular flexibility index (Phi) is 3.99. The average molecular weight is 399 g/mol. The van der Waals surface area contributed by atoms with Crippen molar-refractivity contribution in [3.05, 3.63) is 98.5 Å². The van der Waals surface area contributed by atoms with Gasteiger partial charge in [-0.3, -0.25) is 22.9 Å². The fourth-order valence-corrected chi connectivity index (χ4v) is 4.04. The SMILES string of the molecule is Cc1cccc(Cn2c(=O)c3c(nc4n(-c5ccccc5)c(C)cn34)n(C)c2=O)c1. The van der Waals surface area contributed by atoms with Crippen molar-refractivity contribution in [2.24, 2.45) is 7.05 Å². The van der Waals surface area contributed by atoms with Crippen molar-refractivity contribution in [2.75, 3.05) is 0 Å². The monoisotopic (exact) mass is 399 g/mol. The van der Waals surface area contributed by atoms with E-state index in [2.05, 4.69) is 4.98 Å². The summed E-state index contributed by atoms with van der Waals surface area (Å²) in [5, 5.41) is 0. The Bertz CT molecular complexity index is 1530. The Hall–Kier alpha value is -3.87. The van der Waals surface area contributed by atoms with Crippen LogP contribution < -0.4 is 11.2 Å². The first-order chi connectivity index (χ1) is 14.5. The van der Waals surface area contributed by atoms with Gasteiger partial charge in [-0.15, -0.1) is 0 Å². The third kappa shape index (κ3) is 2.62. The molecule has 5 aromatic rings. The zero-order valence-corrected chi connectivity index (χ0v) is 17.0. The van der Waals surface area contributed by atoms with Crippen LogP contribution in [0, 0.1) is 13.8 Å². The number of fused-ring (bicyclic) bond motifs is 3. The molecule has 150 valence electrons. The van der Waals surface area contributed by atoms with Crippen molar-refractivity contribution in [3.63, 3.8) is 0 Å². The van der Waals surface area contributed by atoms with Gasteiger partial charge < -0.3 is 0 Å². The van der Waals surface area contributed by atoms with Crippen molar-refractivity contribution < 1.29 is 0 Å². The molecule has 0 saturated carbocycles. The molecule has 0 spiro atoms. The van der Waals surface area contributed by atoms with Gasteiger partial charge in [-0.05, 0) is 31.5 Å². The Morgan fingerprint density at radius 1 is 0.967 bits per heavy atom. The molecule has 2 aromatic carbocycles. The highest BCUT2D eigenvalue weighted by atomic mass is 16.2. The molecule has 0 aliphatic heterocycles. The topological polar surface area (TPSA) is 66.2 Å². The normalized spacial score (nSPS) is 11.6. The second kappa shape index (κ2) is 6.59. The number of benzene rings is 2. The maximum Gasteiger partial charge on any atom is 0.332 e. The van der Waals surface area contributed by atoms with Gasteiger partial charge in [0, 0.05) is 24.6 Å². The summed E-state index contributed by atoms with van der Waals surface area (Å²) < 4.78 is 6.49. The van der Waals surface area contributed by atoms with E-state index in [1.165, 1.54) is 9.13 Å². The van der Waals surface area contributed by atoms with Crippen LogP contribution in [0.15, 0.2) is 70.4 Å². The Morgan fingerprint density at radius 3 is 2.47 bits per heavy atom. The van der Waals surface area contributed by atoms with Crippen molar-refractivity contribution in [1.82, 2.24) is 23.1 Å². The van der Waals surface area contributed by atoms with Crippen LogP contribution in [-0.4, -0.2) is 23.1 Å². The summed E-state index contributed by atoms with van der Waals surface area (Å²) in [7, 11) is 1.66. The van der Waals surface area contributed by atoms with Gasteiger partial charge in [-0.2, -0.15) is 4.98 Å². The lowest BCUT2D eigenvalue weighted by Gasteiger charge is -2.08. The predicted octanol–water partition coefficient (Wildman–Crippen LogP) is 2.80. The Morgan fingerprint density at radius 2 is 1.73 bits per heavy atom. The summed E-state index contributed by atoms with van der Waals surface area (Å²) >= 11 is 0. The molecular formula is C23H21N5O2. The van der Waals surface area contributed by atoms with Gasteiger partial charge in [0.2, 0.25) is 5.78 Å². The van der Waals surface area contributed by atoms with Gasteiger partial charge in [0.05, 0.1) is 6.54 Å². The van der Waals surface area contributed by atoms with Crippen LogP contribution in [0.5, 0.6) is 0 Å². The molecule has 7 heteroatoms. The van der Waals surface area contributed by atoms with Gasteiger partial charge in [0.25, 0.3) is 5.56 Å². The maximum absolute atomic E-state index is 13.4. The fourth-order valence-electron chi connectivity index (χ4n) is 4.04. The highest BCUT2D eigenvalue weighted by Gasteiger charge is 2.20. The van der Waals surface area contributed by atoms with Crippen molar-refractivity contribution >= 4 is 16.9 Å². The Labute approximate surface area is 172 Å². The third-order valence-electron chi connectivity index (χ3n) is 5.46. The molecule has 0 bridgehead atoms. The number of aromatic nitrogens is 5. The largest absolute Gasteiger partial charge is 0.332 e. The molecule has 0 aliphatic rings. The second-order valence-electron chi connectivity index (χ2n) is 7.62. The van der Waals surface area contributed by atoms with E-state index in [0.717, 1.165) is 22.5 Å². The first kappa shape index (κ1) is 18.2. The van der Waals surface area contributed by atoms with Crippen LogP contribution in [0.2, 0.25) is 0 Å². The number of para-hydroxylation sites is 1. The lowest BCUT2D eigenvalue weighted by molar-refractivity contribution is 0.656. The molecule has 0 unspecified atom stereocenters. The van der Waals surface area contributed by atoms with Crippen LogP contribution in [0.3, 0.4) is 0 Å². The van der Waals surface area contributed by atoms with E-state index in [1.54, 1.807) is 11.4 Å². The van der Waals surface area contributed by atoms with E-state index in [4.69, 9.17) is 0 Å². The number of rotatable bonds is 3. The van der Waals surface area contributed by atoms with Crippen molar-refractivity contribution in [3.8, 4) is 5.69 Å². The lowest BCUT2D eigenvalue weighted by atomic mass is 10.1. The van der Waals surface area contributed by atoms with Crippen LogP contribution in [0.4, 0.5) is 0 Å². The van der Waals surface area contributed by atoms with E-state index in [-0.39, 0.29) is 17.8 Å². The minimum absolute atomic E-state index is 0.217. The van der Waals surface area contributed by atoms with Crippen LogP contribution in [-0.2, 0) is 13.6 Å². The zero-order valence-electron chi connectivity index (χ0n) is 17.0. The Balaban J connectivity index is 1.81. The number of hydrogen-bond acceptors (Lipinski definition) is 3. The van der Waals surface area contributed by atoms with Gasteiger partial charge >= 0.3 is 5.69 Å². The number of aryl methyl sites for hydroxylation is 3. The van der Waals surface area contributed by atoms with Crippen molar-refractivity contribution in [2.45, 2.75) is 20.4 Å². The van der Waals surface area contributed by atoms with Gasteiger partial charge in [-0.25, -0.2) is 4.79 Å². The molecule has 0 radical (unpaired) electrons. The highest BCUT2D eigenvalue weighted by molar-refractivity contribution is 5.76. The quantitative estimate of drug-likeness (QED) is 0.469. The van der Waals surface area contributed by atoms with E-state index in [9.17, 15) is 9.59 Å². The molecule has 0 aliphatic carbocycles. The molecule has 30 heavy (non-hydrogen) atoms. The number of imidazole rings is 2. The number of hydrogen-bond donors (Lipinski definition) is 0. The first-order valence-electron chi connectivity index (χ1n) is 9.76. The summed E-state index contributed by atoms with van der Waals surface area (Å²) in [5.41, 5.74) is 3.95. The summed E-state index contributed by atoms with van der Waals surface area (Å²) in [6.07, 6.45) is 1.89. The van der Waals surface area contributed by atoms with Gasteiger partial charge in [0.15, 0.2) is 11.2 Å². The smallest absolute Gasteiger partial charge is 0.283 e. The summed E-state index contributed by atoms with van der Waals surface area (Å²) in [4.78, 5) is 31.1. The van der Waals surface area contributed by atoms with Crippen LogP contribution in [0.1, 0.15) is 16.8 Å². The molecule has 0 fully saturated rings. The van der Waals surface area contributed by atoms with E-state index in [1.807, 2.05) is 79.2 Å². The predicted molar refractivity (Wildman–Crippen MR) is 117 cm³/mol. The minimum atomic E-state index is -0.377. The molecule has 3 heterocycles. The maximum atomic E-state index is 13.4. The highest BCUT2D eigenvalue weighted by Crippen LogP contribution is 2.20. The van der Waals surface area contributed by atoms with E-state index < -0.39 is 0 Å². The number of nitrogens with zero attached hydrogens (tertiary/aromatic N) is 5. The molecule has 5 rings (SSSR count). The molecule has 0 amide bonds. The molecule has 3 aromatic heterocycles. The minimum Gasteiger partial charge on any atom is -0.283 e. The van der Waals surface area contributed by atoms with Crippen LogP contribution in [0.25, 0.3) is 22.6 Å². The van der Waals surface area contributed by atoms with Crippen molar-refractivity contribution in [1.29, 1.82) is 0 Å². The molecule has 0 atom stereocenters. The van der Waals surface area contributed by atoms with E-state index >= 15 is 0 Å².